The van der Waals surface area contributed by atoms with Crippen LogP contribution in [0.5, 0.6) is 5.75 Å². The van der Waals surface area contributed by atoms with Crippen molar-refractivity contribution in [2.75, 3.05) is 5.32 Å². The van der Waals surface area contributed by atoms with Gasteiger partial charge in [-0.05, 0) is 55.2 Å². The van der Waals surface area contributed by atoms with E-state index >= 15 is 0 Å². The molecule has 0 atom stereocenters. The first kappa shape index (κ1) is 14.0. The molecule has 2 N–H and O–H groups in total. The zero-order valence-electron chi connectivity index (χ0n) is 11.7. The lowest BCUT2D eigenvalue weighted by atomic mass is 9.95. The molecule has 1 aliphatic rings. The van der Waals surface area contributed by atoms with Crippen LogP contribution in [0.15, 0.2) is 42.5 Å². The number of halogens is 1. The number of carbonyl (C=O) groups excluding carboxylic acids is 1. The summed E-state index contributed by atoms with van der Waals surface area (Å²) in [5, 5.41) is 13.3. The Bertz CT molecular complexity index is 708. The van der Waals surface area contributed by atoms with Crippen molar-refractivity contribution in [2.45, 2.75) is 25.2 Å². The van der Waals surface area contributed by atoms with Gasteiger partial charge in [-0.25, -0.2) is 0 Å². The van der Waals surface area contributed by atoms with Gasteiger partial charge in [0.2, 0.25) is 5.91 Å². The van der Waals surface area contributed by atoms with Gasteiger partial charge >= 0.3 is 0 Å². The average molecular weight is 302 g/mol. The van der Waals surface area contributed by atoms with Gasteiger partial charge in [0.05, 0.1) is 11.1 Å². The van der Waals surface area contributed by atoms with E-state index in [4.69, 9.17) is 11.6 Å². The van der Waals surface area contributed by atoms with Gasteiger partial charge in [-0.2, -0.15) is 0 Å². The van der Waals surface area contributed by atoms with Crippen LogP contribution >= 0.6 is 11.6 Å². The number of phenols is 1. The molecule has 1 amide bonds. The molecule has 0 heterocycles. The molecule has 4 heteroatoms. The number of rotatable bonds is 3. The number of phenolic OH excluding ortho intramolecular Hbond substituents is 1. The minimum atomic E-state index is -0.513. The van der Waals surface area contributed by atoms with Crippen molar-refractivity contribution in [2.24, 2.45) is 0 Å². The van der Waals surface area contributed by atoms with Crippen molar-refractivity contribution in [3.63, 3.8) is 0 Å². The summed E-state index contributed by atoms with van der Waals surface area (Å²) in [7, 11) is 0. The molecular formula is C17H16ClNO2. The molecule has 0 unspecified atom stereocenters. The van der Waals surface area contributed by atoms with Gasteiger partial charge in [-0.3, -0.25) is 4.79 Å². The number of aryl methyl sites for hydroxylation is 1. The summed E-state index contributed by atoms with van der Waals surface area (Å²) in [4.78, 5) is 12.6. The largest absolute Gasteiger partial charge is 0.506 e. The lowest BCUT2D eigenvalue weighted by Crippen LogP contribution is -2.27. The molecule has 3 nitrogen and oxygen atoms in total. The zero-order chi connectivity index (χ0) is 15.0. The molecule has 0 aliphatic heterocycles. The normalized spacial score (nSPS) is 15.5. The van der Waals surface area contributed by atoms with Crippen molar-refractivity contribution in [1.29, 1.82) is 0 Å². The second-order valence-corrected chi connectivity index (χ2v) is 6.00. The van der Waals surface area contributed by atoms with Crippen molar-refractivity contribution < 1.29 is 9.90 Å². The molecule has 0 radical (unpaired) electrons. The third kappa shape index (κ3) is 2.61. The monoisotopic (exact) mass is 301 g/mol. The summed E-state index contributed by atoms with van der Waals surface area (Å²) in [6, 6.07) is 12.6. The Kier molecular flexibility index (Phi) is 3.38. The van der Waals surface area contributed by atoms with E-state index in [0.29, 0.717) is 10.7 Å². The number of amides is 1. The molecule has 1 saturated carbocycles. The van der Waals surface area contributed by atoms with E-state index < -0.39 is 5.41 Å². The minimum absolute atomic E-state index is 0.0795. The molecule has 3 rings (SSSR count). The first-order valence-corrected chi connectivity index (χ1v) is 7.26. The van der Waals surface area contributed by atoms with E-state index in [1.54, 1.807) is 24.3 Å². The summed E-state index contributed by atoms with van der Waals surface area (Å²) in [6.45, 7) is 1.92. The smallest absolute Gasteiger partial charge is 0.235 e. The number of aromatic hydroxyl groups is 1. The predicted molar refractivity (Wildman–Crippen MR) is 83.8 cm³/mol. The molecule has 1 fully saturated rings. The van der Waals surface area contributed by atoms with Crippen molar-refractivity contribution >= 4 is 23.2 Å². The fourth-order valence-corrected chi connectivity index (χ4v) is 2.74. The molecule has 21 heavy (non-hydrogen) atoms. The third-order valence-electron chi connectivity index (χ3n) is 3.96. The third-order valence-corrected chi connectivity index (χ3v) is 4.20. The molecule has 108 valence electrons. The summed E-state index contributed by atoms with van der Waals surface area (Å²) in [5.74, 6) is -0.0125. The SMILES string of the molecule is Cc1ccc(O)c(NC(=O)C2(c3cccc(Cl)c3)CC2)c1. The lowest BCUT2D eigenvalue weighted by Gasteiger charge is -2.17. The number of hydrogen-bond acceptors (Lipinski definition) is 2. The maximum atomic E-state index is 12.6. The molecule has 0 spiro atoms. The molecule has 0 saturated heterocycles. The Hall–Kier alpha value is -2.00. The van der Waals surface area contributed by atoms with E-state index in [1.807, 2.05) is 25.1 Å². The maximum Gasteiger partial charge on any atom is 0.235 e. The van der Waals surface area contributed by atoms with Crippen LogP contribution in [0, 0.1) is 6.92 Å². The van der Waals surface area contributed by atoms with Crippen LogP contribution in [0.4, 0.5) is 5.69 Å². The molecule has 0 bridgehead atoms. The van der Waals surface area contributed by atoms with Crippen LogP contribution in [0.25, 0.3) is 0 Å². The standard InChI is InChI=1S/C17H16ClNO2/c1-11-5-6-15(20)14(9-11)19-16(21)17(7-8-17)12-3-2-4-13(18)10-12/h2-6,9-10,20H,7-8H2,1H3,(H,19,21). The molecule has 0 aromatic heterocycles. The van der Waals surface area contributed by atoms with E-state index in [-0.39, 0.29) is 11.7 Å². The minimum Gasteiger partial charge on any atom is -0.506 e. The van der Waals surface area contributed by atoms with Gasteiger partial charge in [0.1, 0.15) is 5.75 Å². The summed E-state index contributed by atoms with van der Waals surface area (Å²) >= 11 is 6.02. The highest BCUT2D eigenvalue weighted by Gasteiger charge is 2.51. The second-order valence-electron chi connectivity index (χ2n) is 5.57. The maximum absolute atomic E-state index is 12.6. The van der Waals surface area contributed by atoms with E-state index in [0.717, 1.165) is 24.0 Å². The van der Waals surface area contributed by atoms with Crippen molar-refractivity contribution in [3.05, 3.63) is 58.6 Å². The number of hydrogen-bond donors (Lipinski definition) is 2. The average Bonchev–Trinajstić information content (AvgIpc) is 3.24. The lowest BCUT2D eigenvalue weighted by molar-refractivity contribution is -0.118. The number of carbonyl (C=O) groups is 1. The van der Waals surface area contributed by atoms with Gasteiger partial charge < -0.3 is 10.4 Å². The van der Waals surface area contributed by atoms with Crippen LogP contribution in [-0.2, 0) is 10.2 Å². The fraction of sp³-hybridized carbons (Fsp3) is 0.235. The molecule has 1 aliphatic carbocycles. The van der Waals surface area contributed by atoms with Crippen molar-refractivity contribution in [1.82, 2.24) is 0 Å². The highest BCUT2D eigenvalue weighted by atomic mass is 35.5. The Morgan fingerprint density at radius 1 is 1.24 bits per heavy atom. The topological polar surface area (TPSA) is 49.3 Å². The first-order valence-electron chi connectivity index (χ1n) is 6.88. The summed E-state index contributed by atoms with van der Waals surface area (Å²) < 4.78 is 0. The molecule has 2 aromatic rings. The quantitative estimate of drug-likeness (QED) is 0.841. The summed E-state index contributed by atoms with van der Waals surface area (Å²) in [6.07, 6.45) is 1.59. The van der Waals surface area contributed by atoms with Gasteiger partial charge in [0, 0.05) is 5.02 Å². The van der Waals surface area contributed by atoms with E-state index in [2.05, 4.69) is 5.32 Å². The Balaban J connectivity index is 1.87. The van der Waals surface area contributed by atoms with E-state index in [1.165, 1.54) is 0 Å². The van der Waals surface area contributed by atoms with Gasteiger partial charge in [-0.15, -0.1) is 0 Å². The molecule has 2 aromatic carbocycles. The number of benzene rings is 2. The highest BCUT2D eigenvalue weighted by molar-refractivity contribution is 6.30. The number of nitrogens with one attached hydrogen (secondary N) is 1. The molecular weight excluding hydrogens is 286 g/mol. The van der Waals surface area contributed by atoms with Crippen LogP contribution < -0.4 is 5.32 Å². The zero-order valence-corrected chi connectivity index (χ0v) is 12.4. The second kappa shape index (κ2) is 5.08. The fourth-order valence-electron chi connectivity index (χ4n) is 2.55. The first-order chi connectivity index (χ1) is 10.0. The number of anilines is 1. The van der Waals surface area contributed by atoms with Crippen LogP contribution in [0.2, 0.25) is 5.02 Å². The predicted octanol–water partition coefficient (Wildman–Crippen LogP) is 4.02. The van der Waals surface area contributed by atoms with Crippen LogP contribution in [0.1, 0.15) is 24.0 Å². The summed E-state index contributed by atoms with van der Waals surface area (Å²) in [5.41, 5.74) is 1.85. The highest BCUT2D eigenvalue weighted by Crippen LogP contribution is 2.49. The Morgan fingerprint density at radius 2 is 2.00 bits per heavy atom. The van der Waals surface area contributed by atoms with Crippen LogP contribution in [0.3, 0.4) is 0 Å². The Morgan fingerprint density at radius 3 is 2.67 bits per heavy atom. The van der Waals surface area contributed by atoms with E-state index in [9.17, 15) is 9.90 Å². The Labute approximate surface area is 128 Å². The van der Waals surface area contributed by atoms with Crippen LogP contribution in [-0.4, -0.2) is 11.0 Å². The van der Waals surface area contributed by atoms with Gasteiger partial charge in [-0.1, -0.05) is 29.8 Å². The van der Waals surface area contributed by atoms with Crippen molar-refractivity contribution in [3.8, 4) is 5.75 Å². The van der Waals surface area contributed by atoms with Gasteiger partial charge in [0.15, 0.2) is 0 Å². The van der Waals surface area contributed by atoms with Gasteiger partial charge in [0.25, 0.3) is 0 Å².